The zero-order chi connectivity index (χ0) is 14.7. The van der Waals surface area contributed by atoms with Gasteiger partial charge in [-0.3, -0.25) is 4.90 Å². The average Bonchev–Trinajstić information content (AvgIpc) is 3.31. The fourth-order valence-electron chi connectivity index (χ4n) is 2.68. The van der Waals surface area contributed by atoms with E-state index in [0.29, 0.717) is 18.0 Å². The molecule has 1 aromatic rings. The number of nitrogens with zero attached hydrogens (tertiary/aromatic N) is 1. The highest BCUT2D eigenvalue weighted by Gasteiger charge is 2.33. The zero-order valence-electron chi connectivity index (χ0n) is 12.3. The molecule has 0 aliphatic heterocycles. The predicted octanol–water partition coefficient (Wildman–Crippen LogP) is 2.93. The van der Waals surface area contributed by atoms with E-state index in [2.05, 4.69) is 16.7 Å². The number of rotatable bonds is 6. The molecule has 0 aromatic heterocycles. The molecular weight excluding hydrogens is 265 g/mol. The van der Waals surface area contributed by atoms with Gasteiger partial charge in [0.25, 0.3) is 0 Å². The maximum atomic E-state index is 13.7. The van der Waals surface area contributed by atoms with Gasteiger partial charge in [-0.15, -0.1) is 0 Å². The molecule has 0 atom stereocenters. The second kappa shape index (κ2) is 6.60. The maximum Gasteiger partial charge on any atom is 0.124 e. The molecule has 0 radical (unpaired) electrons. The largest absolute Gasteiger partial charge is 0.395 e. The minimum atomic E-state index is -0.219. The first-order chi connectivity index (χ1) is 10.2. The van der Waals surface area contributed by atoms with E-state index in [1.807, 2.05) is 6.07 Å². The van der Waals surface area contributed by atoms with Gasteiger partial charge in [0.05, 0.1) is 6.61 Å². The summed E-state index contributed by atoms with van der Waals surface area (Å²) >= 11 is 0. The number of halogens is 1. The molecule has 2 aliphatic rings. The van der Waals surface area contributed by atoms with Crippen LogP contribution in [0.4, 0.5) is 4.39 Å². The first kappa shape index (κ1) is 14.6. The summed E-state index contributed by atoms with van der Waals surface area (Å²) in [6.07, 6.45) is 5.70. The summed E-state index contributed by atoms with van der Waals surface area (Å²) in [6, 6.07) is 5.78. The van der Waals surface area contributed by atoms with Crippen LogP contribution in [-0.4, -0.2) is 29.2 Å². The summed E-state index contributed by atoms with van der Waals surface area (Å²) in [4.78, 5) is 2.51. The van der Waals surface area contributed by atoms with Gasteiger partial charge >= 0.3 is 0 Å². The van der Waals surface area contributed by atoms with Gasteiger partial charge in [-0.05, 0) is 55.4 Å². The summed E-state index contributed by atoms with van der Waals surface area (Å²) in [5, 5.41) is 8.75. The molecule has 21 heavy (non-hydrogen) atoms. The predicted molar refractivity (Wildman–Crippen MR) is 81.1 cm³/mol. The average molecular weight is 287 g/mol. The molecule has 1 N–H and O–H groups in total. The van der Waals surface area contributed by atoms with Crippen LogP contribution >= 0.6 is 0 Å². The number of aliphatic hydroxyl groups is 1. The van der Waals surface area contributed by atoms with Crippen LogP contribution in [0.2, 0.25) is 0 Å². The van der Waals surface area contributed by atoms with Crippen molar-refractivity contribution in [2.45, 2.75) is 44.7 Å². The second-order valence-corrected chi connectivity index (χ2v) is 6.23. The normalized spacial score (nSPS) is 17.7. The van der Waals surface area contributed by atoms with Crippen molar-refractivity contribution in [3.8, 4) is 11.8 Å². The Bertz CT molecular complexity index is 552. The number of hydrogen-bond acceptors (Lipinski definition) is 2. The van der Waals surface area contributed by atoms with Crippen molar-refractivity contribution in [2.75, 3.05) is 13.2 Å². The molecule has 0 amide bonds. The molecule has 2 saturated carbocycles. The van der Waals surface area contributed by atoms with E-state index in [9.17, 15) is 4.39 Å². The molecule has 0 unspecified atom stereocenters. The van der Waals surface area contributed by atoms with Crippen LogP contribution in [0.3, 0.4) is 0 Å². The van der Waals surface area contributed by atoms with Crippen molar-refractivity contribution in [3.05, 3.63) is 35.1 Å². The minimum absolute atomic E-state index is 0.0476. The molecular formula is C18H22FNO. The molecule has 1 aromatic carbocycles. The Balaban J connectivity index is 1.69. The van der Waals surface area contributed by atoms with Crippen LogP contribution in [-0.2, 0) is 6.54 Å². The topological polar surface area (TPSA) is 23.5 Å². The standard InChI is InChI=1S/C18H22FNO/c19-17-10-15(3-1-2-8-21)9-16(11-17)13-20(18-6-7-18)12-14-4-5-14/h9-11,14,18,21H,2,4-8,12-13H2. The summed E-state index contributed by atoms with van der Waals surface area (Å²) in [5.41, 5.74) is 1.72. The third-order valence-corrected chi connectivity index (χ3v) is 4.07. The third-order valence-electron chi connectivity index (χ3n) is 4.07. The molecule has 0 heterocycles. The summed E-state index contributed by atoms with van der Waals surface area (Å²) < 4.78 is 13.7. The van der Waals surface area contributed by atoms with E-state index < -0.39 is 0 Å². The van der Waals surface area contributed by atoms with E-state index in [-0.39, 0.29) is 12.4 Å². The van der Waals surface area contributed by atoms with Crippen molar-refractivity contribution in [1.82, 2.24) is 4.90 Å². The molecule has 3 rings (SSSR count). The highest BCUT2D eigenvalue weighted by atomic mass is 19.1. The number of aliphatic hydroxyl groups excluding tert-OH is 1. The molecule has 2 nitrogen and oxygen atoms in total. The van der Waals surface area contributed by atoms with Crippen LogP contribution in [0.1, 0.15) is 43.2 Å². The second-order valence-electron chi connectivity index (χ2n) is 6.23. The minimum Gasteiger partial charge on any atom is -0.395 e. The Morgan fingerprint density at radius 2 is 2.00 bits per heavy atom. The lowest BCUT2D eigenvalue weighted by molar-refractivity contribution is 0.244. The smallest absolute Gasteiger partial charge is 0.124 e. The molecule has 0 bridgehead atoms. The molecule has 0 spiro atoms. The monoisotopic (exact) mass is 287 g/mol. The van der Waals surface area contributed by atoms with Gasteiger partial charge in [0.1, 0.15) is 5.82 Å². The van der Waals surface area contributed by atoms with Crippen LogP contribution in [0.15, 0.2) is 18.2 Å². The lowest BCUT2D eigenvalue weighted by Gasteiger charge is -2.22. The summed E-state index contributed by atoms with van der Waals surface area (Å²) in [5.74, 6) is 6.43. The summed E-state index contributed by atoms with van der Waals surface area (Å²) in [6.45, 7) is 2.03. The van der Waals surface area contributed by atoms with Gasteiger partial charge in [0, 0.05) is 31.1 Å². The van der Waals surface area contributed by atoms with Gasteiger partial charge in [-0.1, -0.05) is 11.8 Å². The fraction of sp³-hybridized carbons (Fsp3) is 0.556. The van der Waals surface area contributed by atoms with E-state index in [4.69, 9.17) is 5.11 Å². The van der Waals surface area contributed by atoms with Gasteiger partial charge in [-0.2, -0.15) is 0 Å². The molecule has 2 fully saturated rings. The number of hydrogen-bond donors (Lipinski definition) is 1. The van der Waals surface area contributed by atoms with E-state index in [1.54, 1.807) is 6.07 Å². The molecule has 2 aliphatic carbocycles. The van der Waals surface area contributed by atoms with Gasteiger partial charge in [0.2, 0.25) is 0 Å². The molecule has 0 saturated heterocycles. The quantitative estimate of drug-likeness (QED) is 0.813. The third kappa shape index (κ3) is 4.56. The Morgan fingerprint density at radius 3 is 2.67 bits per heavy atom. The van der Waals surface area contributed by atoms with E-state index in [0.717, 1.165) is 24.6 Å². The molecule has 3 heteroatoms. The van der Waals surface area contributed by atoms with Crippen molar-refractivity contribution >= 4 is 0 Å². The van der Waals surface area contributed by atoms with Crippen molar-refractivity contribution in [1.29, 1.82) is 0 Å². The SMILES string of the molecule is OCCC#Cc1cc(F)cc(CN(CC2CC2)C2CC2)c1. The Morgan fingerprint density at radius 1 is 1.19 bits per heavy atom. The van der Waals surface area contributed by atoms with Crippen LogP contribution < -0.4 is 0 Å². The molecule has 112 valence electrons. The first-order valence-electron chi connectivity index (χ1n) is 7.88. The van der Waals surface area contributed by atoms with E-state index >= 15 is 0 Å². The zero-order valence-corrected chi connectivity index (χ0v) is 12.3. The van der Waals surface area contributed by atoms with E-state index in [1.165, 1.54) is 31.7 Å². The van der Waals surface area contributed by atoms with Crippen molar-refractivity contribution < 1.29 is 9.50 Å². The van der Waals surface area contributed by atoms with Crippen molar-refractivity contribution in [2.24, 2.45) is 5.92 Å². The maximum absolute atomic E-state index is 13.7. The highest BCUT2D eigenvalue weighted by Crippen LogP contribution is 2.35. The van der Waals surface area contributed by atoms with Crippen LogP contribution in [0, 0.1) is 23.6 Å². The Labute approximate surface area is 126 Å². The summed E-state index contributed by atoms with van der Waals surface area (Å²) in [7, 11) is 0. The van der Waals surface area contributed by atoms with Crippen molar-refractivity contribution in [3.63, 3.8) is 0 Å². The lowest BCUT2D eigenvalue weighted by Crippen LogP contribution is -2.27. The van der Waals surface area contributed by atoms with Gasteiger partial charge in [0.15, 0.2) is 0 Å². The Kier molecular flexibility index (Phi) is 4.57. The fourth-order valence-corrected chi connectivity index (χ4v) is 2.68. The highest BCUT2D eigenvalue weighted by molar-refractivity contribution is 5.37. The first-order valence-corrected chi connectivity index (χ1v) is 7.88. The number of benzene rings is 1. The lowest BCUT2D eigenvalue weighted by atomic mass is 10.1. The Hall–Kier alpha value is -1.37. The van der Waals surface area contributed by atoms with Crippen LogP contribution in [0.25, 0.3) is 0 Å². The van der Waals surface area contributed by atoms with Gasteiger partial charge < -0.3 is 5.11 Å². The van der Waals surface area contributed by atoms with Gasteiger partial charge in [-0.25, -0.2) is 4.39 Å². The van der Waals surface area contributed by atoms with Crippen LogP contribution in [0.5, 0.6) is 0 Å².